The van der Waals surface area contributed by atoms with E-state index in [0.717, 1.165) is 19.6 Å². The molecule has 1 aliphatic carbocycles. The highest BCUT2D eigenvalue weighted by Crippen LogP contribution is 2.56. The van der Waals surface area contributed by atoms with Gasteiger partial charge < -0.3 is 15.0 Å². The molecule has 2 fully saturated rings. The first-order chi connectivity index (χ1) is 7.86. The van der Waals surface area contributed by atoms with Crippen LogP contribution in [0.25, 0.3) is 0 Å². The van der Waals surface area contributed by atoms with E-state index in [2.05, 4.69) is 5.32 Å². The summed E-state index contributed by atoms with van der Waals surface area (Å²) in [5, 5.41) is 3.23. The second-order valence-electron chi connectivity index (χ2n) is 6.48. The van der Waals surface area contributed by atoms with Gasteiger partial charge in [0.15, 0.2) is 0 Å². The molecule has 17 heavy (non-hydrogen) atoms. The Kier molecular flexibility index (Phi) is 3.10. The van der Waals surface area contributed by atoms with Crippen LogP contribution < -0.4 is 5.32 Å². The molecule has 1 unspecified atom stereocenters. The highest BCUT2D eigenvalue weighted by atomic mass is 16.6. The lowest BCUT2D eigenvalue weighted by Crippen LogP contribution is -2.36. The Morgan fingerprint density at radius 1 is 1.47 bits per heavy atom. The second-order valence-corrected chi connectivity index (χ2v) is 6.48. The summed E-state index contributed by atoms with van der Waals surface area (Å²) in [6.07, 6.45) is 2.37. The fourth-order valence-electron chi connectivity index (χ4n) is 2.75. The Bertz CT molecular complexity index is 305. The van der Waals surface area contributed by atoms with E-state index >= 15 is 0 Å². The summed E-state index contributed by atoms with van der Waals surface area (Å²) in [6.45, 7) is 8.47. The summed E-state index contributed by atoms with van der Waals surface area (Å²) in [6, 6.07) is 0. The maximum Gasteiger partial charge on any atom is 0.410 e. The van der Waals surface area contributed by atoms with Gasteiger partial charge in [0.25, 0.3) is 0 Å². The van der Waals surface area contributed by atoms with Gasteiger partial charge >= 0.3 is 6.09 Å². The summed E-state index contributed by atoms with van der Waals surface area (Å²) < 4.78 is 5.44. The molecule has 0 bridgehead atoms. The molecule has 1 saturated heterocycles. The Morgan fingerprint density at radius 3 is 2.59 bits per heavy atom. The Labute approximate surface area is 104 Å². The topological polar surface area (TPSA) is 41.6 Å². The van der Waals surface area contributed by atoms with Crippen molar-refractivity contribution in [2.24, 2.45) is 11.3 Å². The third kappa shape index (κ3) is 2.73. The summed E-state index contributed by atoms with van der Waals surface area (Å²) in [5.41, 5.74) is 0.00874. The largest absolute Gasteiger partial charge is 0.444 e. The van der Waals surface area contributed by atoms with Gasteiger partial charge in [-0.05, 0) is 58.5 Å². The maximum absolute atomic E-state index is 12.0. The minimum Gasteiger partial charge on any atom is -0.444 e. The second kappa shape index (κ2) is 4.16. The van der Waals surface area contributed by atoms with Crippen LogP contribution in [0.1, 0.15) is 33.6 Å². The number of ether oxygens (including phenoxy) is 1. The fourth-order valence-corrected chi connectivity index (χ4v) is 2.75. The molecule has 2 rings (SSSR count). The molecule has 1 N–H and O–H groups in total. The fraction of sp³-hybridized carbons (Fsp3) is 0.923. The summed E-state index contributed by atoms with van der Waals surface area (Å²) in [4.78, 5) is 13.9. The van der Waals surface area contributed by atoms with Gasteiger partial charge in [-0.2, -0.15) is 0 Å². The van der Waals surface area contributed by atoms with Crippen LogP contribution in [0.3, 0.4) is 0 Å². The molecule has 1 amide bonds. The lowest BCUT2D eigenvalue weighted by atomic mass is 9.93. The first-order valence-electron chi connectivity index (χ1n) is 6.49. The third-order valence-corrected chi connectivity index (χ3v) is 3.81. The smallest absolute Gasteiger partial charge is 0.410 e. The van der Waals surface area contributed by atoms with Crippen molar-refractivity contribution in [3.63, 3.8) is 0 Å². The molecule has 2 aliphatic rings. The highest BCUT2D eigenvalue weighted by molar-refractivity contribution is 5.68. The summed E-state index contributed by atoms with van der Waals surface area (Å²) in [5.74, 6) is 0.597. The van der Waals surface area contributed by atoms with Crippen LogP contribution >= 0.6 is 0 Å². The first-order valence-corrected chi connectivity index (χ1v) is 6.49. The number of hydrogen-bond acceptors (Lipinski definition) is 3. The van der Waals surface area contributed by atoms with E-state index < -0.39 is 5.60 Å². The maximum atomic E-state index is 12.0. The van der Waals surface area contributed by atoms with E-state index in [1.807, 2.05) is 32.7 Å². The number of carbonyl (C=O) groups excluding carboxylic acids is 1. The van der Waals surface area contributed by atoms with Gasteiger partial charge in [0, 0.05) is 13.1 Å². The highest BCUT2D eigenvalue weighted by Gasteiger charge is 2.55. The predicted molar refractivity (Wildman–Crippen MR) is 66.9 cm³/mol. The van der Waals surface area contributed by atoms with Crippen molar-refractivity contribution < 1.29 is 9.53 Å². The number of rotatable bonds is 2. The van der Waals surface area contributed by atoms with Crippen LogP contribution in [0, 0.1) is 11.3 Å². The van der Waals surface area contributed by atoms with Crippen LogP contribution in [0.2, 0.25) is 0 Å². The third-order valence-electron chi connectivity index (χ3n) is 3.81. The minimum atomic E-state index is -0.394. The average molecular weight is 240 g/mol. The van der Waals surface area contributed by atoms with E-state index in [4.69, 9.17) is 4.74 Å². The summed E-state index contributed by atoms with van der Waals surface area (Å²) >= 11 is 0. The van der Waals surface area contributed by atoms with E-state index in [1.54, 1.807) is 0 Å². The molecule has 98 valence electrons. The van der Waals surface area contributed by atoms with E-state index in [-0.39, 0.29) is 6.09 Å². The minimum absolute atomic E-state index is 0.151. The molecular weight excluding hydrogens is 216 g/mol. The van der Waals surface area contributed by atoms with Gasteiger partial charge in [-0.25, -0.2) is 4.79 Å². The van der Waals surface area contributed by atoms with Gasteiger partial charge in [-0.1, -0.05) is 0 Å². The zero-order valence-electron chi connectivity index (χ0n) is 11.4. The molecule has 1 saturated carbocycles. The lowest BCUT2D eigenvalue weighted by molar-refractivity contribution is 0.0282. The molecule has 0 aromatic carbocycles. The quantitative estimate of drug-likeness (QED) is 0.801. The lowest BCUT2D eigenvalue weighted by Gasteiger charge is -2.24. The number of hydrogen-bond donors (Lipinski definition) is 1. The molecule has 1 atom stereocenters. The predicted octanol–water partition coefficient (Wildman–Crippen LogP) is 1.85. The van der Waals surface area contributed by atoms with Crippen molar-refractivity contribution in [3.05, 3.63) is 0 Å². The van der Waals surface area contributed by atoms with Gasteiger partial charge in [-0.3, -0.25) is 0 Å². The number of likely N-dealkylation sites (tertiary alicyclic amines) is 1. The Balaban J connectivity index is 1.94. The first kappa shape index (κ1) is 12.7. The van der Waals surface area contributed by atoms with Gasteiger partial charge in [0.1, 0.15) is 5.60 Å². The number of amides is 1. The van der Waals surface area contributed by atoms with Crippen LogP contribution in [-0.4, -0.2) is 43.3 Å². The zero-order valence-corrected chi connectivity index (χ0v) is 11.4. The van der Waals surface area contributed by atoms with Crippen molar-refractivity contribution in [3.8, 4) is 0 Å². The molecule has 4 nitrogen and oxygen atoms in total. The van der Waals surface area contributed by atoms with E-state index in [0.29, 0.717) is 11.3 Å². The van der Waals surface area contributed by atoms with Crippen LogP contribution in [0.15, 0.2) is 0 Å². The SMILES string of the molecule is CNCC1CN(C(=O)OC(C)(C)C)CC12CC2. The average Bonchev–Trinajstić information content (AvgIpc) is 2.84. The molecule has 4 heteroatoms. The van der Waals surface area contributed by atoms with Crippen molar-refractivity contribution >= 4 is 6.09 Å². The Morgan fingerprint density at radius 2 is 2.12 bits per heavy atom. The van der Waals surface area contributed by atoms with Crippen LogP contribution in [0.5, 0.6) is 0 Å². The van der Waals surface area contributed by atoms with Crippen molar-refractivity contribution in [1.29, 1.82) is 0 Å². The van der Waals surface area contributed by atoms with Gasteiger partial charge in [-0.15, -0.1) is 0 Å². The van der Waals surface area contributed by atoms with Gasteiger partial charge in [0.2, 0.25) is 0 Å². The molecule has 0 radical (unpaired) electrons. The molecule has 1 heterocycles. The molecule has 0 aromatic heterocycles. The normalized spacial score (nSPS) is 26.4. The molecule has 1 spiro atoms. The standard InChI is InChI=1S/C13H24N2O2/c1-12(2,3)17-11(16)15-8-10(7-14-4)13(9-15)5-6-13/h10,14H,5-9H2,1-4H3. The number of nitrogens with one attached hydrogen (secondary N) is 1. The van der Waals surface area contributed by atoms with Crippen molar-refractivity contribution in [1.82, 2.24) is 10.2 Å². The van der Waals surface area contributed by atoms with E-state index in [1.165, 1.54) is 12.8 Å². The van der Waals surface area contributed by atoms with Crippen molar-refractivity contribution in [2.75, 3.05) is 26.7 Å². The molecular formula is C13H24N2O2. The van der Waals surface area contributed by atoms with Crippen molar-refractivity contribution in [2.45, 2.75) is 39.2 Å². The van der Waals surface area contributed by atoms with E-state index in [9.17, 15) is 4.79 Å². The summed E-state index contributed by atoms with van der Waals surface area (Å²) in [7, 11) is 1.98. The zero-order chi connectivity index (χ0) is 12.7. The number of carbonyl (C=O) groups is 1. The number of nitrogens with zero attached hydrogens (tertiary/aromatic N) is 1. The van der Waals surface area contributed by atoms with Crippen LogP contribution in [0.4, 0.5) is 4.79 Å². The van der Waals surface area contributed by atoms with Crippen LogP contribution in [-0.2, 0) is 4.74 Å². The molecule has 1 aliphatic heterocycles. The molecule has 0 aromatic rings. The Hall–Kier alpha value is -0.770. The van der Waals surface area contributed by atoms with Gasteiger partial charge in [0.05, 0.1) is 0 Å². The monoisotopic (exact) mass is 240 g/mol.